The fourth-order valence-electron chi connectivity index (χ4n) is 3.78. The molecule has 1 saturated heterocycles. The highest BCUT2D eigenvalue weighted by atomic mass is 16.2. The number of urea groups is 1. The summed E-state index contributed by atoms with van der Waals surface area (Å²) in [7, 11) is 0. The zero-order chi connectivity index (χ0) is 18.3. The van der Waals surface area contributed by atoms with Gasteiger partial charge in [0.15, 0.2) is 5.78 Å². The van der Waals surface area contributed by atoms with Gasteiger partial charge in [0.2, 0.25) is 0 Å². The first-order chi connectivity index (χ1) is 12.5. The molecule has 26 heavy (non-hydrogen) atoms. The third kappa shape index (κ3) is 2.60. The molecular formula is C21H20N2O3. The third-order valence-corrected chi connectivity index (χ3v) is 5.35. The Bertz CT molecular complexity index is 907. The lowest BCUT2D eigenvalue weighted by atomic mass is 9.89. The van der Waals surface area contributed by atoms with E-state index < -0.39 is 11.6 Å². The molecule has 1 atom stereocenters. The van der Waals surface area contributed by atoms with Gasteiger partial charge in [-0.3, -0.25) is 14.5 Å². The maximum atomic E-state index is 13.0. The number of carbonyl (C=O) groups is 3. The van der Waals surface area contributed by atoms with Crippen LogP contribution in [0.5, 0.6) is 0 Å². The molecule has 0 spiro atoms. The number of benzene rings is 2. The monoisotopic (exact) mass is 348 g/mol. The molecule has 2 aromatic rings. The zero-order valence-electron chi connectivity index (χ0n) is 14.6. The molecule has 2 aromatic carbocycles. The summed E-state index contributed by atoms with van der Waals surface area (Å²) in [6, 6.07) is 14.1. The summed E-state index contributed by atoms with van der Waals surface area (Å²) >= 11 is 0. The van der Waals surface area contributed by atoms with E-state index in [2.05, 4.69) is 5.32 Å². The molecule has 1 fully saturated rings. The van der Waals surface area contributed by atoms with Crippen molar-refractivity contribution >= 4 is 17.7 Å². The standard InChI is InChI=1S/C21H20N2O3/c1-21(17-11-10-14-8-5-9-16(14)12-17)19(25)23(20(26)22-21)13-18(24)15-6-3-2-4-7-15/h2-4,6-7,10-12H,5,8-9,13H2,1H3,(H,22,26). The van der Waals surface area contributed by atoms with Crippen molar-refractivity contribution in [2.75, 3.05) is 6.54 Å². The predicted octanol–water partition coefficient (Wildman–Crippen LogP) is 2.83. The maximum Gasteiger partial charge on any atom is 0.325 e. The number of imide groups is 1. The van der Waals surface area contributed by atoms with E-state index in [0.717, 1.165) is 29.7 Å². The van der Waals surface area contributed by atoms with Crippen LogP contribution in [-0.4, -0.2) is 29.2 Å². The summed E-state index contributed by atoms with van der Waals surface area (Å²) in [5.74, 6) is -0.642. The smallest absolute Gasteiger partial charge is 0.319 e. The summed E-state index contributed by atoms with van der Waals surface area (Å²) in [6.45, 7) is 1.45. The van der Waals surface area contributed by atoms with E-state index in [4.69, 9.17) is 0 Å². The Balaban J connectivity index is 1.59. The number of amides is 3. The first kappa shape index (κ1) is 16.5. The van der Waals surface area contributed by atoms with Gasteiger partial charge < -0.3 is 5.32 Å². The van der Waals surface area contributed by atoms with E-state index in [9.17, 15) is 14.4 Å². The number of nitrogens with zero attached hydrogens (tertiary/aromatic N) is 1. The van der Waals surface area contributed by atoms with Gasteiger partial charge in [0.25, 0.3) is 5.91 Å². The van der Waals surface area contributed by atoms with E-state index in [-0.39, 0.29) is 18.2 Å². The van der Waals surface area contributed by atoms with E-state index in [0.29, 0.717) is 5.56 Å². The molecule has 0 bridgehead atoms. The van der Waals surface area contributed by atoms with Crippen LogP contribution in [0.4, 0.5) is 4.79 Å². The van der Waals surface area contributed by atoms with Gasteiger partial charge in [-0.25, -0.2) is 4.79 Å². The molecule has 1 aliphatic carbocycles. The Morgan fingerprint density at radius 2 is 1.81 bits per heavy atom. The largest absolute Gasteiger partial charge is 0.325 e. The van der Waals surface area contributed by atoms with Gasteiger partial charge in [-0.2, -0.15) is 0 Å². The molecular weight excluding hydrogens is 328 g/mol. The highest BCUT2D eigenvalue weighted by Crippen LogP contribution is 2.32. The van der Waals surface area contributed by atoms with Crippen molar-refractivity contribution in [2.45, 2.75) is 31.7 Å². The van der Waals surface area contributed by atoms with Crippen LogP contribution in [-0.2, 0) is 23.2 Å². The van der Waals surface area contributed by atoms with Gasteiger partial charge in [-0.05, 0) is 42.9 Å². The van der Waals surface area contributed by atoms with Crippen LogP contribution in [0, 0.1) is 0 Å². The maximum absolute atomic E-state index is 13.0. The number of ketones is 1. The summed E-state index contributed by atoms with van der Waals surface area (Å²) in [6.07, 6.45) is 3.18. The molecule has 0 aromatic heterocycles. The van der Waals surface area contributed by atoms with E-state index in [1.807, 2.05) is 24.3 Å². The number of Topliss-reactive ketones (excluding diaryl/α,β-unsaturated/α-hetero) is 1. The van der Waals surface area contributed by atoms with Gasteiger partial charge in [0.1, 0.15) is 5.54 Å². The molecule has 3 amide bonds. The van der Waals surface area contributed by atoms with Gasteiger partial charge in [-0.15, -0.1) is 0 Å². The topological polar surface area (TPSA) is 66.5 Å². The minimum atomic E-state index is -1.13. The molecule has 132 valence electrons. The van der Waals surface area contributed by atoms with Gasteiger partial charge in [-0.1, -0.05) is 48.5 Å². The SMILES string of the molecule is CC1(c2ccc3c(c2)CCC3)NC(=O)N(CC(=O)c2ccccc2)C1=O. The van der Waals surface area contributed by atoms with E-state index in [1.54, 1.807) is 31.2 Å². The van der Waals surface area contributed by atoms with E-state index >= 15 is 0 Å². The summed E-state index contributed by atoms with van der Waals surface area (Å²) in [5, 5.41) is 2.78. The van der Waals surface area contributed by atoms with Crippen LogP contribution >= 0.6 is 0 Å². The van der Waals surface area contributed by atoms with Crippen LogP contribution < -0.4 is 5.32 Å². The Labute approximate surface area is 152 Å². The Kier molecular flexibility index (Phi) is 3.87. The lowest BCUT2D eigenvalue weighted by Gasteiger charge is -2.23. The second kappa shape index (κ2) is 6.09. The quantitative estimate of drug-likeness (QED) is 0.682. The zero-order valence-corrected chi connectivity index (χ0v) is 14.6. The van der Waals surface area contributed by atoms with Crippen LogP contribution in [0.3, 0.4) is 0 Å². The van der Waals surface area contributed by atoms with Crippen LogP contribution in [0.2, 0.25) is 0 Å². The van der Waals surface area contributed by atoms with Crippen molar-refractivity contribution in [3.63, 3.8) is 0 Å². The van der Waals surface area contributed by atoms with Crippen molar-refractivity contribution < 1.29 is 14.4 Å². The Morgan fingerprint density at radius 1 is 1.08 bits per heavy atom. The summed E-state index contributed by atoms with van der Waals surface area (Å²) in [4.78, 5) is 38.8. The molecule has 1 N–H and O–H groups in total. The third-order valence-electron chi connectivity index (χ3n) is 5.35. The first-order valence-corrected chi connectivity index (χ1v) is 8.84. The number of nitrogens with one attached hydrogen (secondary N) is 1. The Hall–Kier alpha value is -2.95. The second-order valence-electron chi connectivity index (χ2n) is 7.07. The van der Waals surface area contributed by atoms with Crippen LogP contribution in [0.15, 0.2) is 48.5 Å². The van der Waals surface area contributed by atoms with Crippen molar-refractivity contribution in [1.82, 2.24) is 10.2 Å². The number of aryl methyl sites for hydroxylation is 2. The van der Waals surface area contributed by atoms with E-state index in [1.165, 1.54) is 11.1 Å². The lowest BCUT2D eigenvalue weighted by Crippen LogP contribution is -2.41. The molecule has 2 aliphatic rings. The first-order valence-electron chi connectivity index (χ1n) is 8.84. The second-order valence-corrected chi connectivity index (χ2v) is 7.07. The molecule has 0 saturated carbocycles. The van der Waals surface area contributed by atoms with Crippen molar-refractivity contribution in [3.8, 4) is 0 Å². The molecule has 1 unspecified atom stereocenters. The predicted molar refractivity (Wildman–Crippen MR) is 96.8 cm³/mol. The molecule has 1 heterocycles. The highest BCUT2D eigenvalue weighted by molar-refractivity contribution is 6.11. The van der Waals surface area contributed by atoms with Crippen LogP contribution in [0.1, 0.15) is 40.4 Å². The molecule has 5 heteroatoms. The lowest BCUT2D eigenvalue weighted by molar-refractivity contribution is -0.130. The fraction of sp³-hybridized carbons (Fsp3) is 0.286. The minimum absolute atomic E-state index is 0.255. The number of rotatable bonds is 4. The number of carbonyl (C=O) groups excluding carboxylic acids is 3. The number of hydrogen-bond acceptors (Lipinski definition) is 3. The van der Waals surface area contributed by atoms with Crippen molar-refractivity contribution in [2.24, 2.45) is 0 Å². The van der Waals surface area contributed by atoms with Crippen LogP contribution in [0.25, 0.3) is 0 Å². The minimum Gasteiger partial charge on any atom is -0.319 e. The van der Waals surface area contributed by atoms with Gasteiger partial charge in [0, 0.05) is 5.56 Å². The van der Waals surface area contributed by atoms with Crippen molar-refractivity contribution in [3.05, 3.63) is 70.8 Å². The van der Waals surface area contributed by atoms with Crippen molar-refractivity contribution in [1.29, 1.82) is 0 Å². The fourth-order valence-corrected chi connectivity index (χ4v) is 3.78. The normalized spacial score (nSPS) is 21.7. The molecule has 4 rings (SSSR count). The van der Waals surface area contributed by atoms with Gasteiger partial charge >= 0.3 is 6.03 Å². The summed E-state index contributed by atoms with van der Waals surface area (Å²) < 4.78 is 0. The number of fused-ring (bicyclic) bond motifs is 1. The average Bonchev–Trinajstić information content (AvgIpc) is 3.21. The molecule has 5 nitrogen and oxygen atoms in total. The summed E-state index contributed by atoms with van der Waals surface area (Å²) in [5.41, 5.74) is 2.67. The average molecular weight is 348 g/mol. The Morgan fingerprint density at radius 3 is 2.58 bits per heavy atom. The molecule has 0 radical (unpaired) electrons. The number of hydrogen-bond donors (Lipinski definition) is 1. The van der Waals surface area contributed by atoms with Gasteiger partial charge in [0.05, 0.1) is 6.54 Å². The molecule has 1 aliphatic heterocycles. The highest BCUT2D eigenvalue weighted by Gasteiger charge is 2.49.